The van der Waals surface area contributed by atoms with Crippen LogP contribution >= 0.6 is 24.0 Å². The molecule has 0 amide bonds. The Balaban J connectivity index is 0.00000128. The van der Waals surface area contributed by atoms with Crippen molar-refractivity contribution >= 4 is 29.7 Å². The molecule has 1 atom stereocenters. The maximum Gasteiger partial charge on any atom is 0.126 e. The predicted octanol–water partition coefficient (Wildman–Crippen LogP) is 2.70. The highest BCUT2D eigenvalue weighted by atomic mass is 35.5. The van der Waals surface area contributed by atoms with Gasteiger partial charge in [0, 0.05) is 36.4 Å². The molecule has 2 nitrogen and oxygen atoms in total. The minimum Gasteiger partial charge on any atom is -0.366 e. The van der Waals surface area contributed by atoms with Gasteiger partial charge in [-0.05, 0) is 25.1 Å². The van der Waals surface area contributed by atoms with E-state index in [4.69, 9.17) is 11.6 Å². The lowest BCUT2D eigenvalue weighted by atomic mass is 10.2. The average Bonchev–Trinajstić information content (AvgIpc) is 2.16. The zero-order valence-corrected chi connectivity index (χ0v) is 10.6. The molecule has 0 spiro atoms. The van der Waals surface area contributed by atoms with E-state index in [2.05, 4.69) is 17.1 Å². The molecule has 1 saturated heterocycles. The van der Waals surface area contributed by atoms with Crippen LogP contribution in [0.1, 0.15) is 6.92 Å². The molecule has 1 aliphatic rings. The van der Waals surface area contributed by atoms with Crippen LogP contribution in [0.3, 0.4) is 0 Å². The number of hydrogen-bond donors (Lipinski definition) is 1. The van der Waals surface area contributed by atoms with Gasteiger partial charge in [0.05, 0.1) is 0 Å². The molecule has 0 bridgehead atoms. The summed E-state index contributed by atoms with van der Waals surface area (Å²) in [4.78, 5) is 2.17. The molecule has 1 aromatic rings. The molecule has 90 valence electrons. The van der Waals surface area contributed by atoms with Crippen LogP contribution in [0.2, 0.25) is 5.02 Å². The predicted molar refractivity (Wildman–Crippen MR) is 68.3 cm³/mol. The first-order valence-electron chi connectivity index (χ1n) is 5.10. The number of halogens is 3. The van der Waals surface area contributed by atoms with Crippen LogP contribution in [0.4, 0.5) is 10.1 Å². The van der Waals surface area contributed by atoms with Gasteiger partial charge in [-0.15, -0.1) is 12.4 Å². The summed E-state index contributed by atoms with van der Waals surface area (Å²) in [6, 6.07) is 5.05. The Morgan fingerprint density at radius 2 is 2.19 bits per heavy atom. The highest BCUT2D eigenvalue weighted by molar-refractivity contribution is 6.30. The van der Waals surface area contributed by atoms with Crippen molar-refractivity contribution in [1.29, 1.82) is 0 Å². The van der Waals surface area contributed by atoms with Gasteiger partial charge in [0.25, 0.3) is 0 Å². The normalized spacial score (nSPS) is 20.4. The molecular formula is C11H15Cl2FN2. The van der Waals surface area contributed by atoms with Crippen LogP contribution < -0.4 is 10.2 Å². The van der Waals surface area contributed by atoms with Gasteiger partial charge >= 0.3 is 0 Å². The lowest BCUT2D eigenvalue weighted by Gasteiger charge is -2.36. The van der Waals surface area contributed by atoms with Gasteiger partial charge in [0.2, 0.25) is 0 Å². The standard InChI is InChI=1S/C11H14ClFN2.ClH/c1-8-7-14-2-3-15(8)11-5-9(12)4-10(13)6-11;/h4-6,8,14H,2-3,7H2,1H3;1H/t8-;/m1./s1. The average molecular weight is 265 g/mol. The van der Waals surface area contributed by atoms with Crippen LogP contribution in [0.15, 0.2) is 18.2 Å². The molecule has 1 N–H and O–H groups in total. The van der Waals surface area contributed by atoms with Crippen molar-refractivity contribution in [2.45, 2.75) is 13.0 Å². The van der Waals surface area contributed by atoms with E-state index in [1.165, 1.54) is 12.1 Å². The summed E-state index contributed by atoms with van der Waals surface area (Å²) in [5.74, 6) is -0.275. The van der Waals surface area contributed by atoms with Crippen molar-refractivity contribution < 1.29 is 4.39 Å². The number of benzene rings is 1. The summed E-state index contributed by atoms with van der Waals surface area (Å²) in [5, 5.41) is 3.75. The van der Waals surface area contributed by atoms with Crippen LogP contribution in [0, 0.1) is 5.82 Å². The van der Waals surface area contributed by atoms with Gasteiger partial charge in [0.15, 0.2) is 0 Å². The van der Waals surface area contributed by atoms with Crippen LogP contribution in [0.5, 0.6) is 0 Å². The van der Waals surface area contributed by atoms with E-state index in [0.29, 0.717) is 11.1 Å². The van der Waals surface area contributed by atoms with E-state index in [-0.39, 0.29) is 18.2 Å². The van der Waals surface area contributed by atoms with Crippen LogP contribution in [-0.2, 0) is 0 Å². The number of nitrogens with zero attached hydrogens (tertiary/aromatic N) is 1. The Morgan fingerprint density at radius 1 is 1.44 bits per heavy atom. The Bertz CT molecular complexity index is 340. The maximum atomic E-state index is 13.2. The third-order valence-corrected chi connectivity index (χ3v) is 2.90. The SMILES string of the molecule is C[C@@H]1CNCCN1c1cc(F)cc(Cl)c1.Cl. The second kappa shape index (κ2) is 5.71. The molecule has 5 heteroatoms. The van der Waals surface area contributed by atoms with Crippen LogP contribution in [-0.4, -0.2) is 25.7 Å². The molecule has 0 unspecified atom stereocenters. The molecule has 1 heterocycles. The number of piperazine rings is 1. The fourth-order valence-electron chi connectivity index (χ4n) is 1.93. The van der Waals surface area contributed by atoms with Crippen molar-refractivity contribution in [3.8, 4) is 0 Å². The second-order valence-corrected chi connectivity index (χ2v) is 4.31. The molecule has 1 fully saturated rings. The van der Waals surface area contributed by atoms with Crippen LogP contribution in [0.25, 0.3) is 0 Å². The number of rotatable bonds is 1. The molecule has 0 radical (unpaired) electrons. The summed E-state index contributed by atoms with van der Waals surface area (Å²) >= 11 is 5.83. The minimum absolute atomic E-state index is 0. The van der Waals surface area contributed by atoms with Crippen molar-refractivity contribution in [2.24, 2.45) is 0 Å². The zero-order valence-electron chi connectivity index (χ0n) is 9.04. The van der Waals surface area contributed by atoms with Gasteiger partial charge in [-0.1, -0.05) is 11.6 Å². The summed E-state index contributed by atoms with van der Waals surface area (Å²) in [6.07, 6.45) is 0. The molecule has 0 aliphatic carbocycles. The summed E-state index contributed by atoms with van der Waals surface area (Å²) in [5.41, 5.74) is 0.869. The number of anilines is 1. The highest BCUT2D eigenvalue weighted by Gasteiger charge is 2.18. The number of hydrogen-bond acceptors (Lipinski definition) is 2. The van der Waals surface area contributed by atoms with Gasteiger partial charge in [-0.25, -0.2) is 4.39 Å². The topological polar surface area (TPSA) is 15.3 Å². The molecule has 0 saturated carbocycles. The molecular weight excluding hydrogens is 250 g/mol. The van der Waals surface area contributed by atoms with Crippen molar-refractivity contribution in [1.82, 2.24) is 5.32 Å². The fourth-order valence-corrected chi connectivity index (χ4v) is 2.15. The molecule has 1 aromatic carbocycles. The Labute approximate surface area is 106 Å². The highest BCUT2D eigenvalue weighted by Crippen LogP contribution is 2.23. The third-order valence-electron chi connectivity index (χ3n) is 2.68. The fraction of sp³-hybridized carbons (Fsp3) is 0.455. The van der Waals surface area contributed by atoms with E-state index in [0.717, 1.165) is 25.3 Å². The lowest BCUT2D eigenvalue weighted by molar-refractivity contribution is 0.499. The maximum absolute atomic E-state index is 13.2. The first-order valence-corrected chi connectivity index (χ1v) is 5.48. The molecule has 1 aliphatic heterocycles. The summed E-state index contributed by atoms with van der Waals surface area (Å²) in [7, 11) is 0. The van der Waals surface area contributed by atoms with Crippen molar-refractivity contribution in [3.05, 3.63) is 29.0 Å². The Hall–Kier alpha value is -0.510. The monoisotopic (exact) mass is 264 g/mol. The van der Waals surface area contributed by atoms with Crippen molar-refractivity contribution in [2.75, 3.05) is 24.5 Å². The summed E-state index contributed by atoms with van der Waals surface area (Å²) in [6.45, 7) is 4.86. The van der Waals surface area contributed by atoms with E-state index >= 15 is 0 Å². The van der Waals surface area contributed by atoms with Crippen molar-refractivity contribution in [3.63, 3.8) is 0 Å². The quantitative estimate of drug-likeness (QED) is 0.839. The zero-order chi connectivity index (χ0) is 10.8. The van der Waals surface area contributed by atoms with E-state index in [1.54, 1.807) is 0 Å². The van der Waals surface area contributed by atoms with E-state index in [1.807, 2.05) is 6.07 Å². The van der Waals surface area contributed by atoms with Gasteiger partial charge in [-0.2, -0.15) is 0 Å². The first kappa shape index (κ1) is 13.6. The Morgan fingerprint density at radius 3 is 2.81 bits per heavy atom. The van der Waals surface area contributed by atoms with Gasteiger partial charge < -0.3 is 10.2 Å². The molecule has 2 rings (SSSR count). The van der Waals surface area contributed by atoms with Gasteiger partial charge in [0.1, 0.15) is 5.82 Å². The summed E-state index contributed by atoms with van der Waals surface area (Å²) < 4.78 is 13.2. The smallest absolute Gasteiger partial charge is 0.126 e. The first-order chi connectivity index (χ1) is 7.16. The second-order valence-electron chi connectivity index (χ2n) is 3.87. The molecule has 0 aromatic heterocycles. The molecule has 16 heavy (non-hydrogen) atoms. The third kappa shape index (κ3) is 3.00. The lowest BCUT2D eigenvalue weighted by Crippen LogP contribution is -2.49. The Kier molecular flexibility index (Phi) is 4.84. The number of nitrogens with one attached hydrogen (secondary N) is 1. The van der Waals surface area contributed by atoms with E-state index in [9.17, 15) is 4.39 Å². The minimum atomic E-state index is -0.275. The van der Waals surface area contributed by atoms with E-state index < -0.39 is 0 Å². The van der Waals surface area contributed by atoms with Gasteiger partial charge in [-0.3, -0.25) is 0 Å². The largest absolute Gasteiger partial charge is 0.366 e.